The normalized spacial score (nSPS) is 13.6. The summed E-state index contributed by atoms with van der Waals surface area (Å²) in [6.45, 7) is 0.651. The smallest absolute Gasteiger partial charge is 0.369 e. The first-order valence-corrected chi connectivity index (χ1v) is 9.07. The fourth-order valence-electron chi connectivity index (χ4n) is 3.08. The average molecular weight is 433 g/mol. The second-order valence-corrected chi connectivity index (χ2v) is 7.28. The molecule has 3 nitrogen and oxygen atoms in total. The highest BCUT2D eigenvalue weighted by Crippen LogP contribution is 2.40. The SMILES string of the molecule is FC(F)(F)c1ccc(Cl)c(-c2nn(-c3ccc(Cl)c(Cl)c3)c3c2CCN3)c1. The molecule has 0 fully saturated rings. The molecule has 27 heavy (non-hydrogen) atoms. The lowest BCUT2D eigenvalue weighted by molar-refractivity contribution is -0.137. The minimum Gasteiger partial charge on any atom is -0.369 e. The van der Waals surface area contributed by atoms with E-state index in [9.17, 15) is 13.2 Å². The van der Waals surface area contributed by atoms with Crippen LogP contribution in [0, 0.1) is 0 Å². The van der Waals surface area contributed by atoms with Crippen molar-refractivity contribution >= 4 is 40.6 Å². The van der Waals surface area contributed by atoms with Crippen molar-refractivity contribution in [1.82, 2.24) is 9.78 Å². The maximum absolute atomic E-state index is 13.1. The van der Waals surface area contributed by atoms with Crippen molar-refractivity contribution in [2.45, 2.75) is 12.6 Å². The van der Waals surface area contributed by atoms with Crippen LogP contribution in [-0.2, 0) is 12.6 Å². The average Bonchev–Trinajstić information content (AvgIpc) is 3.19. The molecule has 140 valence electrons. The van der Waals surface area contributed by atoms with Crippen LogP contribution in [0.5, 0.6) is 0 Å². The Hall–Kier alpha value is -1.89. The van der Waals surface area contributed by atoms with E-state index >= 15 is 0 Å². The van der Waals surface area contributed by atoms with E-state index in [2.05, 4.69) is 10.4 Å². The van der Waals surface area contributed by atoms with Gasteiger partial charge in [0, 0.05) is 17.7 Å². The van der Waals surface area contributed by atoms with E-state index in [0.717, 1.165) is 17.7 Å². The maximum atomic E-state index is 13.1. The van der Waals surface area contributed by atoms with Crippen LogP contribution in [0.15, 0.2) is 36.4 Å². The number of nitrogens with zero attached hydrogens (tertiary/aromatic N) is 2. The van der Waals surface area contributed by atoms with Gasteiger partial charge < -0.3 is 5.32 Å². The summed E-state index contributed by atoms with van der Waals surface area (Å²) in [6, 6.07) is 8.25. The summed E-state index contributed by atoms with van der Waals surface area (Å²) < 4.78 is 41.0. The quantitative estimate of drug-likeness (QED) is 0.502. The summed E-state index contributed by atoms with van der Waals surface area (Å²) in [5.41, 5.74) is 1.33. The first-order chi connectivity index (χ1) is 12.8. The van der Waals surface area contributed by atoms with Gasteiger partial charge >= 0.3 is 6.18 Å². The predicted molar refractivity (Wildman–Crippen MR) is 101 cm³/mol. The number of halogens is 6. The van der Waals surface area contributed by atoms with Gasteiger partial charge in [0.2, 0.25) is 0 Å². The zero-order chi connectivity index (χ0) is 19.3. The van der Waals surface area contributed by atoms with E-state index in [0.29, 0.717) is 40.2 Å². The Labute approximate surface area is 167 Å². The van der Waals surface area contributed by atoms with Crippen molar-refractivity contribution in [2.24, 2.45) is 0 Å². The Bertz CT molecular complexity index is 1040. The van der Waals surface area contributed by atoms with Crippen molar-refractivity contribution in [3.05, 3.63) is 62.6 Å². The second kappa shape index (κ2) is 6.62. The fourth-order valence-corrected chi connectivity index (χ4v) is 3.58. The molecule has 0 aliphatic carbocycles. The molecule has 0 saturated heterocycles. The van der Waals surface area contributed by atoms with E-state index in [1.807, 2.05) is 0 Å². The zero-order valence-corrected chi connectivity index (χ0v) is 15.8. The Morgan fingerprint density at radius 2 is 1.70 bits per heavy atom. The largest absolute Gasteiger partial charge is 0.416 e. The lowest BCUT2D eigenvalue weighted by Gasteiger charge is -2.10. The van der Waals surface area contributed by atoms with Crippen LogP contribution in [0.4, 0.5) is 19.0 Å². The molecule has 4 rings (SSSR count). The Balaban J connectivity index is 1.90. The van der Waals surface area contributed by atoms with Crippen LogP contribution in [0.2, 0.25) is 15.1 Å². The molecule has 9 heteroatoms. The minimum absolute atomic E-state index is 0.205. The van der Waals surface area contributed by atoms with Crippen molar-refractivity contribution in [2.75, 3.05) is 11.9 Å². The summed E-state index contributed by atoms with van der Waals surface area (Å²) in [6.07, 6.45) is -3.84. The summed E-state index contributed by atoms with van der Waals surface area (Å²) in [7, 11) is 0. The maximum Gasteiger partial charge on any atom is 0.416 e. The van der Waals surface area contributed by atoms with Gasteiger partial charge in [0.1, 0.15) is 5.82 Å². The molecule has 0 saturated carbocycles. The molecule has 0 atom stereocenters. The standard InChI is InChI=1S/C18H11Cl3F3N3/c19-13-3-1-9(18(22,23)24)7-12(13)16-11-5-6-25-17(11)27(26-16)10-2-4-14(20)15(21)8-10/h1-4,7-8,25H,5-6H2. The summed E-state index contributed by atoms with van der Waals surface area (Å²) >= 11 is 18.3. The molecular formula is C18H11Cl3F3N3. The van der Waals surface area contributed by atoms with E-state index in [1.54, 1.807) is 22.9 Å². The highest BCUT2D eigenvalue weighted by molar-refractivity contribution is 6.42. The third kappa shape index (κ3) is 3.26. The highest BCUT2D eigenvalue weighted by Gasteiger charge is 2.32. The number of alkyl halides is 3. The zero-order valence-electron chi connectivity index (χ0n) is 13.5. The predicted octanol–water partition coefficient (Wildman–Crippen LogP) is 6.49. The van der Waals surface area contributed by atoms with Crippen LogP contribution in [0.3, 0.4) is 0 Å². The second-order valence-electron chi connectivity index (χ2n) is 6.06. The Morgan fingerprint density at radius 3 is 2.41 bits per heavy atom. The number of aromatic nitrogens is 2. The molecule has 1 N–H and O–H groups in total. The fraction of sp³-hybridized carbons (Fsp3) is 0.167. The monoisotopic (exact) mass is 431 g/mol. The summed E-state index contributed by atoms with van der Waals surface area (Å²) in [5, 5.41) is 8.71. The molecule has 0 bridgehead atoms. The van der Waals surface area contributed by atoms with Crippen molar-refractivity contribution in [1.29, 1.82) is 0 Å². The summed E-state index contributed by atoms with van der Waals surface area (Å²) in [5.74, 6) is 0.705. The molecule has 1 aliphatic rings. The van der Waals surface area contributed by atoms with Crippen molar-refractivity contribution in [3.63, 3.8) is 0 Å². The molecule has 2 aromatic carbocycles. The topological polar surface area (TPSA) is 29.9 Å². The van der Waals surface area contributed by atoms with Gasteiger partial charge in [-0.25, -0.2) is 4.68 Å². The number of hydrogen-bond donors (Lipinski definition) is 1. The van der Waals surface area contributed by atoms with Crippen molar-refractivity contribution < 1.29 is 13.2 Å². The first-order valence-electron chi connectivity index (χ1n) is 7.94. The first kappa shape index (κ1) is 18.5. The number of hydrogen-bond acceptors (Lipinski definition) is 2. The summed E-state index contributed by atoms with van der Waals surface area (Å²) in [4.78, 5) is 0. The van der Waals surface area contributed by atoms with Crippen LogP contribution < -0.4 is 5.32 Å². The number of rotatable bonds is 2. The Kier molecular flexibility index (Phi) is 4.53. The third-order valence-corrected chi connectivity index (χ3v) is 5.42. The lowest BCUT2D eigenvalue weighted by atomic mass is 10.0. The molecule has 0 spiro atoms. The van der Waals surface area contributed by atoms with E-state index in [4.69, 9.17) is 34.8 Å². The number of anilines is 1. The Morgan fingerprint density at radius 1 is 0.963 bits per heavy atom. The van der Waals surface area contributed by atoms with E-state index in [1.165, 1.54) is 6.07 Å². The van der Waals surface area contributed by atoms with Gasteiger partial charge in [-0.2, -0.15) is 18.3 Å². The molecule has 1 aliphatic heterocycles. The molecule has 1 aromatic heterocycles. The third-order valence-electron chi connectivity index (χ3n) is 4.35. The van der Waals surface area contributed by atoms with Gasteiger partial charge in [-0.05, 0) is 42.8 Å². The van der Waals surface area contributed by atoms with Gasteiger partial charge in [-0.15, -0.1) is 0 Å². The number of nitrogens with one attached hydrogen (secondary N) is 1. The highest BCUT2D eigenvalue weighted by atomic mass is 35.5. The van der Waals surface area contributed by atoms with Gasteiger partial charge in [0.05, 0.1) is 32.0 Å². The number of benzene rings is 2. The number of fused-ring (bicyclic) bond motifs is 1. The van der Waals surface area contributed by atoms with Crippen LogP contribution in [-0.4, -0.2) is 16.3 Å². The van der Waals surface area contributed by atoms with Crippen LogP contribution in [0.1, 0.15) is 11.1 Å². The molecule has 0 unspecified atom stereocenters. The van der Waals surface area contributed by atoms with Gasteiger partial charge in [-0.3, -0.25) is 0 Å². The van der Waals surface area contributed by atoms with Crippen molar-refractivity contribution in [3.8, 4) is 16.9 Å². The van der Waals surface area contributed by atoms with Gasteiger partial charge in [0.15, 0.2) is 0 Å². The van der Waals surface area contributed by atoms with E-state index in [-0.39, 0.29) is 10.6 Å². The molecular weight excluding hydrogens is 422 g/mol. The van der Waals surface area contributed by atoms with Gasteiger partial charge in [0.25, 0.3) is 0 Å². The van der Waals surface area contributed by atoms with Crippen LogP contribution >= 0.6 is 34.8 Å². The molecule has 0 amide bonds. The molecule has 3 aromatic rings. The van der Waals surface area contributed by atoms with E-state index < -0.39 is 11.7 Å². The minimum atomic E-state index is -4.47. The van der Waals surface area contributed by atoms with Crippen LogP contribution in [0.25, 0.3) is 16.9 Å². The van der Waals surface area contributed by atoms with Gasteiger partial charge in [-0.1, -0.05) is 34.8 Å². The lowest BCUT2D eigenvalue weighted by Crippen LogP contribution is -2.06. The molecule has 0 radical (unpaired) electrons. The molecule has 2 heterocycles.